The van der Waals surface area contributed by atoms with Gasteiger partial charge in [0.05, 0.1) is 13.7 Å². The topological polar surface area (TPSA) is 61.9 Å². The number of piperidine rings is 1. The number of nitrogens with one attached hydrogen (secondary N) is 1. The zero-order chi connectivity index (χ0) is 24.7. The van der Waals surface area contributed by atoms with Crippen LogP contribution in [0.25, 0.3) is 0 Å². The van der Waals surface area contributed by atoms with Crippen LogP contribution < -0.4 is 10.1 Å². The van der Waals surface area contributed by atoms with Gasteiger partial charge >= 0.3 is 6.03 Å². The number of carbonyl (C=O) groups is 2. The number of hydrogen-bond acceptors (Lipinski definition) is 4. The number of imide groups is 1. The minimum Gasteiger partial charge on any atom is -0.497 e. The number of benzene rings is 2. The normalized spacial score (nSPS) is 20.9. The summed E-state index contributed by atoms with van der Waals surface area (Å²) >= 11 is 0. The average molecular weight is 474 g/mol. The minimum absolute atomic E-state index is 0.107. The second kappa shape index (κ2) is 11.4. The van der Waals surface area contributed by atoms with E-state index in [9.17, 15) is 9.59 Å². The highest BCUT2D eigenvalue weighted by Gasteiger charge is 2.55. The number of rotatable bonds is 9. The first-order chi connectivity index (χ1) is 17.1. The van der Waals surface area contributed by atoms with Crippen molar-refractivity contribution in [2.45, 2.75) is 51.1 Å². The van der Waals surface area contributed by atoms with Gasteiger partial charge in [0.15, 0.2) is 0 Å². The largest absolute Gasteiger partial charge is 0.497 e. The molecule has 0 aliphatic carbocycles. The molecule has 4 rings (SSSR count). The van der Waals surface area contributed by atoms with Crippen LogP contribution in [0.15, 0.2) is 54.6 Å². The van der Waals surface area contributed by atoms with E-state index in [1.807, 2.05) is 30.3 Å². The van der Waals surface area contributed by atoms with Gasteiger partial charge in [0.2, 0.25) is 0 Å². The third-order valence-corrected chi connectivity index (χ3v) is 7.32. The van der Waals surface area contributed by atoms with Crippen LogP contribution in [0.4, 0.5) is 4.79 Å². The Morgan fingerprint density at radius 2 is 1.80 bits per heavy atom. The number of aryl methyl sites for hydroxylation is 1. The molecule has 6 heteroatoms. The van der Waals surface area contributed by atoms with Gasteiger partial charge in [-0.1, -0.05) is 48.4 Å². The lowest BCUT2D eigenvalue weighted by Crippen LogP contribution is -2.56. The van der Waals surface area contributed by atoms with Crippen LogP contribution in [0.5, 0.6) is 5.75 Å². The lowest BCUT2D eigenvalue weighted by atomic mass is 9.74. The second-order valence-electron chi connectivity index (χ2n) is 9.46. The lowest BCUT2D eigenvalue weighted by molar-refractivity contribution is -0.134. The van der Waals surface area contributed by atoms with Crippen molar-refractivity contribution in [3.8, 4) is 17.6 Å². The van der Waals surface area contributed by atoms with E-state index in [0.717, 1.165) is 51.1 Å². The summed E-state index contributed by atoms with van der Waals surface area (Å²) in [6.45, 7) is 4.50. The van der Waals surface area contributed by atoms with Crippen molar-refractivity contribution in [2.24, 2.45) is 5.92 Å². The van der Waals surface area contributed by atoms with Crippen LogP contribution >= 0.6 is 0 Å². The first-order valence-electron chi connectivity index (χ1n) is 12.5. The third kappa shape index (κ3) is 5.68. The Hall–Kier alpha value is -3.30. The van der Waals surface area contributed by atoms with Gasteiger partial charge in [-0.15, -0.1) is 5.92 Å². The van der Waals surface area contributed by atoms with E-state index in [1.54, 1.807) is 14.0 Å². The van der Waals surface area contributed by atoms with E-state index in [1.165, 1.54) is 16.0 Å². The van der Waals surface area contributed by atoms with E-state index >= 15 is 0 Å². The number of urea groups is 1. The van der Waals surface area contributed by atoms with Gasteiger partial charge in [0, 0.05) is 6.54 Å². The second-order valence-corrected chi connectivity index (χ2v) is 9.46. The summed E-state index contributed by atoms with van der Waals surface area (Å²) in [7, 11) is 1.68. The van der Waals surface area contributed by atoms with Gasteiger partial charge in [-0.2, -0.15) is 0 Å². The van der Waals surface area contributed by atoms with Crippen LogP contribution in [0, 0.1) is 17.8 Å². The SMILES string of the molecule is CC#CCN1C(=O)N[C@](CCCc2ccccc2)(C2CCN(Cc3cccc(OC)c3)CC2)C1=O. The van der Waals surface area contributed by atoms with Crippen molar-refractivity contribution in [1.82, 2.24) is 15.1 Å². The number of hydrogen-bond donors (Lipinski definition) is 1. The molecule has 2 saturated heterocycles. The molecule has 1 atom stereocenters. The molecule has 0 bridgehead atoms. The molecule has 0 radical (unpaired) electrons. The Labute approximate surface area is 208 Å². The molecule has 0 aromatic heterocycles. The number of likely N-dealkylation sites (tertiary alicyclic amines) is 1. The third-order valence-electron chi connectivity index (χ3n) is 7.32. The summed E-state index contributed by atoms with van der Waals surface area (Å²) in [5, 5.41) is 3.15. The molecule has 6 nitrogen and oxygen atoms in total. The first kappa shape index (κ1) is 24.8. The first-order valence-corrected chi connectivity index (χ1v) is 12.5. The predicted octanol–water partition coefficient (Wildman–Crippen LogP) is 4.24. The van der Waals surface area contributed by atoms with Gasteiger partial charge in [-0.25, -0.2) is 4.79 Å². The Kier molecular flexibility index (Phi) is 8.09. The van der Waals surface area contributed by atoms with Gasteiger partial charge in [-0.05, 0) is 81.3 Å². The zero-order valence-electron chi connectivity index (χ0n) is 20.8. The molecule has 0 spiro atoms. The molecule has 2 aliphatic rings. The lowest BCUT2D eigenvalue weighted by Gasteiger charge is -2.41. The van der Waals surface area contributed by atoms with Crippen molar-refractivity contribution >= 4 is 11.9 Å². The fourth-order valence-corrected chi connectivity index (χ4v) is 5.43. The Morgan fingerprint density at radius 3 is 2.51 bits per heavy atom. The fourth-order valence-electron chi connectivity index (χ4n) is 5.43. The quantitative estimate of drug-likeness (QED) is 0.437. The Balaban J connectivity index is 1.45. The maximum absolute atomic E-state index is 13.7. The highest BCUT2D eigenvalue weighted by atomic mass is 16.5. The molecular formula is C29H35N3O3. The number of amides is 3. The van der Waals surface area contributed by atoms with Gasteiger partial charge in [0.25, 0.3) is 5.91 Å². The highest BCUT2D eigenvalue weighted by molar-refractivity contribution is 6.07. The van der Waals surface area contributed by atoms with Crippen LogP contribution in [0.3, 0.4) is 0 Å². The van der Waals surface area contributed by atoms with E-state index in [4.69, 9.17) is 4.74 Å². The van der Waals surface area contributed by atoms with Crippen molar-refractivity contribution < 1.29 is 14.3 Å². The molecule has 35 heavy (non-hydrogen) atoms. The fraction of sp³-hybridized carbons (Fsp3) is 0.448. The van der Waals surface area contributed by atoms with Crippen LogP contribution in [0.1, 0.15) is 43.7 Å². The van der Waals surface area contributed by atoms with Gasteiger partial charge in [-0.3, -0.25) is 14.6 Å². The molecule has 184 valence electrons. The molecule has 2 aromatic carbocycles. The maximum Gasteiger partial charge on any atom is 0.325 e. The van der Waals surface area contributed by atoms with Crippen LogP contribution in [0.2, 0.25) is 0 Å². The van der Waals surface area contributed by atoms with Crippen molar-refractivity contribution in [3.05, 3.63) is 65.7 Å². The Bertz CT molecular complexity index is 1080. The highest BCUT2D eigenvalue weighted by Crippen LogP contribution is 2.37. The number of methoxy groups -OCH3 is 1. The summed E-state index contributed by atoms with van der Waals surface area (Å²) in [4.78, 5) is 30.3. The molecule has 1 N–H and O–H groups in total. The maximum atomic E-state index is 13.7. The summed E-state index contributed by atoms with van der Waals surface area (Å²) in [6, 6.07) is 18.2. The zero-order valence-corrected chi connectivity index (χ0v) is 20.8. The van der Waals surface area contributed by atoms with Crippen LogP contribution in [-0.4, -0.2) is 54.0 Å². The average Bonchev–Trinajstić information content (AvgIpc) is 3.13. The number of carbonyl (C=O) groups excluding carboxylic acids is 2. The van der Waals surface area contributed by atoms with Crippen molar-refractivity contribution in [3.63, 3.8) is 0 Å². The van der Waals surface area contributed by atoms with Crippen molar-refractivity contribution in [2.75, 3.05) is 26.7 Å². The molecule has 0 unspecified atom stereocenters. The molecular weight excluding hydrogens is 438 g/mol. The van der Waals surface area contributed by atoms with Crippen molar-refractivity contribution in [1.29, 1.82) is 0 Å². The summed E-state index contributed by atoms with van der Waals surface area (Å²) in [5.74, 6) is 6.56. The van der Waals surface area contributed by atoms with E-state index < -0.39 is 5.54 Å². The number of ether oxygens (including phenoxy) is 1. The van der Waals surface area contributed by atoms with E-state index in [0.29, 0.717) is 6.42 Å². The van der Waals surface area contributed by atoms with Crippen LogP contribution in [-0.2, 0) is 17.8 Å². The molecule has 0 saturated carbocycles. The molecule has 2 aliphatic heterocycles. The summed E-state index contributed by atoms with van der Waals surface area (Å²) < 4.78 is 5.36. The molecule has 3 amide bonds. The molecule has 2 heterocycles. The molecule has 2 fully saturated rings. The smallest absolute Gasteiger partial charge is 0.325 e. The summed E-state index contributed by atoms with van der Waals surface area (Å²) in [6.07, 6.45) is 4.11. The standard InChI is InChI=1S/C29H35N3O3/c1-3-4-18-32-27(33)29(30-28(32)34,17-9-13-23-10-6-5-7-11-23)25-15-19-31(20-16-25)22-24-12-8-14-26(21-24)35-2/h5-8,10-12,14,21,25H,9,13,15-20,22H2,1-2H3,(H,30,34)/t29-/m1/s1. The minimum atomic E-state index is -0.844. The van der Waals surface area contributed by atoms with E-state index in [-0.39, 0.29) is 24.4 Å². The molecule has 2 aromatic rings. The summed E-state index contributed by atoms with van der Waals surface area (Å²) in [5.41, 5.74) is 1.62. The van der Waals surface area contributed by atoms with E-state index in [2.05, 4.69) is 46.3 Å². The van der Waals surface area contributed by atoms with Gasteiger partial charge in [0.1, 0.15) is 11.3 Å². The number of nitrogens with zero attached hydrogens (tertiary/aromatic N) is 2. The Morgan fingerprint density at radius 1 is 1.06 bits per heavy atom. The predicted molar refractivity (Wildman–Crippen MR) is 137 cm³/mol. The monoisotopic (exact) mass is 473 g/mol. The van der Waals surface area contributed by atoms with Gasteiger partial charge < -0.3 is 10.1 Å².